The quantitative estimate of drug-likeness (QED) is 0.411. The highest BCUT2D eigenvalue weighted by atomic mass is 35.5. The first-order valence-corrected chi connectivity index (χ1v) is 9.26. The van der Waals surface area contributed by atoms with Gasteiger partial charge in [0.15, 0.2) is 0 Å². The molecule has 6 heteroatoms. The number of hydrogen-bond acceptors (Lipinski definition) is 3. The van der Waals surface area contributed by atoms with Crippen LogP contribution < -0.4 is 5.32 Å². The minimum absolute atomic E-state index is 0.0437. The number of carbonyl (C=O) groups excluding carboxylic acids is 1. The Bertz CT molecular complexity index is 1070. The fourth-order valence-corrected chi connectivity index (χ4v) is 2.92. The number of nitrogens with zero attached hydrogens (tertiary/aromatic N) is 1. The number of hydrogen-bond donors (Lipinski definition) is 1. The van der Waals surface area contributed by atoms with Gasteiger partial charge in [-0.3, -0.25) is 4.79 Å². The Morgan fingerprint density at radius 1 is 1.11 bits per heavy atom. The number of nitrogens with one attached hydrogen (secondary N) is 1. The second kappa shape index (κ2) is 8.79. The molecule has 3 aromatic rings. The molecular formula is C22H16Cl2N2O2. The first kappa shape index (κ1) is 19.8. The third kappa shape index (κ3) is 4.64. The summed E-state index contributed by atoms with van der Waals surface area (Å²) in [5, 5.41) is 13.1. The molecule has 1 N–H and O–H groups in total. The summed E-state index contributed by atoms with van der Waals surface area (Å²) in [7, 11) is 0. The van der Waals surface area contributed by atoms with Crippen LogP contribution in [0.1, 0.15) is 24.3 Å². The van der Waals surface area contributed by atoms with Gasteiger partial charge in [-0.15, -0.1) is 0 Å². The molecule has 1 heterocycles. The van der Waals surface area contributed by atoms with E-state index in [1.54, 1.807) is 30.3 Å². The monoisotopic (exact) mass is 410 g/mol. The van der Waals surface area contributed by atoms with Crippen LogP contribution in [0.3, 0.4) is 0 Å². The minimum Gasteiger partial charge on any atom is -0.457 e. The number of amides is 1. The lowest BCUT2D eigenvalue weighted by molar-refractivity contribution is -0.117. The van der Waals surface area contributed by atoms with Crippen molar-refractivity contribution < 1.29 is 9.21 Å². The van der Waals surface area contributed by atoms with Crippen LogP contribution in [0, 0.1) is 11.3 Å². The van der Waals surface area contributed by atoms with E-state index in [2.05, 4.69) is 5.32 Å². The Kier molecular flexibility index (Phi) is 6.20. The molecule has 0 fully saturated rings. The fraction of sp³-hybridized carbons (Fsp3) is 0.0909. The maximum absolute atomic E-state index is 12.4. The predicted molar refractivity (Wildman–Crippen MR) is 111 cm³/mol. The predicted octanol–water partition coefficient (Wildman–Crippen LogP) is 6.04. The number of benzene rings is 2. The molecule has 28 heavy (non-hydrogen) atoms. The normalized spacial score (nSPS) is 12.3. The van der Waals surface area contributed by atoms with Crippen molar-refractivity contribution in [1.29, 1.82) is 5.26 Å². The van der Waals surface area contributed by atoms with E-state index in [1.807, 2.05) is 43.3 Å². The smallest absolute Gasteiger partial charge is 0.262 e. The van der Waals surface area contributed by atoms with Crippen LogP contribution in [0.2, 0.25) is 10.0 Å². The number of furan rings is 1. The van der Waals surface area contributed by atoms with E-state index < -0.39 is 5.91 Å². The van der Waals surface area contributed by atoms with Crippen molar-refractivity contribution in [2.45, 2.75) is 13.0 Å². The van der Waals surface area contributed by atoms with Gasteiger partial charge in [0.25, 0.3) is 5.91 Å². The Morgan fingerprint density at radius 2 is 1.86 bits per heavy atom. The SMILES string of the molecule is C[C@@H](NC(=O)/C(C#N)=C/c1ccc(-c2ccc(Cl)c(Cl)c2)o1)c1ccccc1. The second-order valence-electron chi connectivity index (χ2n) is 6.11. The Balaban J connectivity index is 1.77. The van der Waals surface area contributed by atoms with Gasteiger partial charge in [0.05, 0.1) is 16.1 Å². The summed E-state index contributed by atoms with van der Waals surface area (Å²) in [6.07, 6.45) is 1.41. The molecule has 0 radical (unpaired) electrons. The molecule has 0 aliphatic rings. The molecule has 0 spiro atoms. The van der Waals surface area contributed by atoms with Crippen LogP contribution in [0.4, 0.5) is 0 Å². The lowest BCUT2D eigenvalue weighted by atomic mass is 10.1. The van der Waals surface area contributed by atoms with E-state index in [9.17, 15) is 10.1 Å². The van der Waals surface area contributed by atoms with Crippen LogP contribution in [-0.2, 0) is 4.79 Å². The molecule has 0 unspecified atom stereocenters. The van der Waals surface area contributed by atoms with E-state index in [4.69, 9.17) is 27.6 Å². The highest BCUT2D eigenvalue weighted by molar-refractivity contribution is 6.42. The summed E-state index contributed by atoms with van der Waals surface area (Å²) >= 11 is 12.0. The van der Waals surface area contributed by atoms with Crippen molar-refractivity contribution in [1.82, 2.24) is 5.32 Å². The molecule has 0 saturated carbocycles. The zero-order valence-electron chi connectivity index (χ0n) is 14.9. The lowest BCUT2D eigenvalue weighted by Crippen LogP contribution is -2.27. The average molecular weight is 411 g/mol. The van der Waals surface area contributed by atoms with Crippen LogP contribution in [0.5, 0.6) is 0 Å². The first-order valence-electron chi connectivity index (χ1n) is 8.51. The number of carbonyl (C=O) groups is 1. The third-order valence-electron chi connectivity index (χ3n) is 4.13. The summed E-state index contributed by atoms with van der Waals surface area (Å²) in [6.45, 7) is 1.86. The zero-order chi connectivity index (χ0) is 20.1. The molecule has 0 aliphatic heterocycles. The second-order valence-corrected chi connectivity index (χ2v) is 6.92. The summed E-state index contributed by atoms with van der Waals surface area (Å²) in [5.41, 5.74) is 1.65. The molecule has 1 atom stereocenters. The fourth-order valence-electron chi connectivity index (χ4n) is 2.63. The Labute approximate surface area is 173 Å². The molecule has 0 bridgehead atoms. The van der Waals surface area contributed by atoms with E-state index in [0.717, 1.165) is 11.1 Å². The molecule has 140 valence electrons. The van der Waals surface area contributed by atoms with Crippen molar-refractivity contribution >= 4 is 35.2 Å². The first-order chi connectivity index (χ1) is 13.5. The van der Waals surface area contributed by atoms with Gasteiger partial charge in [-0.2, -0.15) is 5.26 Å². The van der Waals surface area contributed by atoms with Crippen LogP contribution >= 0.6 is 23.2 Å². The summed E-state index contributed by atoms with van der Waals surface area (Å²) in [4.78, 5) is 12.4. The van der Waals surface area contributed by atoms with Gasteiger partial charge in [-0.1, -0.05) is 53.5 Å². The van der Waals surface area contributed by atoms with Gasteiger partial charge in [0.1, 0.15) is 23.2 Å². The van der Waals surface area contributed by atoms with Gasteiger partial charge >= 0.3 is 0 Å². The van der Waals surface area contributed by atoms with E-state index >= 15 is 0 Å². The molecular weight excluding hydrogens is 395 g/mol. The molecule has 0 aliphatic carbocycles. The lowest BCUT2D eigenvalue weighted by Gasteiger charge is -2.13. The molecule has 4 nitrogen and oxygen atoms in total. The highest BCUT2D eigenvalue weighted by Gasteiger charge is 2.15. The minimum atomic E-state index is -0.466. The van der Waals surface area contributed by atoms with Gasteiger partial charge in [0.2, 0.25) is 0 Å². The third-order valence-corrected chi connectivity index (χ3v) is 4.87. The van der Waals surface area contributed by atoms with Gasteiger partial charge in [-0.05, 0) is 42.8 Å². The largest absolute Gasteiger partial charge is 0.457 e. The van der Waals surface area contributed by atoms with Crippen molar-refractivity contribution in [3.05, 3.63) is 87.6 Å². The Hall–Kier alpha value is -3.00. The average Bonchev–Trinajstić information content (AvgIpc) is 3.17. The van der Waals surface area contributed by atoms with Crippen molar-refractivity contribution in [3.8, 4) is 17.4 Å². The number of rotatable bonds is 5. The molecule has 1 amide bonds. The molecule has 1 aromatic heterocycles. The summed E-state index contributed by atoms with van der Waals surface area (Å²) < 4.78 is 5.73. The van der Waals surface area contributed by atoms with Crippen LogP contribution in [0.25, 0.3) is 17.4 Å². The number of nitriles is 1. The maximum atomic E-state index is 12.4. The topological polar surface area (TPSA) is 66.0 Å². The van der Waals surface area contributed by atoms with Crippen molar-refractivity contribution in [2.24, 2.45) is 0 Å². The molecule has 2 aromatic carbocycles. The van der Waals surface area contributed by atoms with Crippen molar-refractivity contribution in [2.75, 3.05) is 0 Å². The molecule has 0 saturated heterocycles. The van der Waals surface area contributed by atoms with Gasteiger partial charge in [0, 0.05) is 11.6 Å². The van der Waals surface area contributed by atoms with E-state index in [0.29, 0.717) is 21.6 Å². The zero-order valence-corrected chi connectivity index (χ0v) is 16.5. The number of halogens is 2. The summed E-state index contributed by atoms with van der Waals surface area (Å²) in [5.74, 6) is 0.478. The van der Waals surface area contributed by atoms with E-state index in [1.165, 1.54) is 6.08 Å². The van der Waals surface area contributed by atoms with Crippen LogP contribution in [0.15, 0.2) is 70.7 Å². The summed E-state index contributed by atoms with van der Waals surface area (Å²) in [6, 6.07) is 19.8. The molecule has 3 rings (SSSR count). The van der Waals surface area contributed by atoms with E-state index in [-0.39, 0.29) is 11.6 Å². The van der Waals surface area contributed by atoms with Gasteiger partial charge < -0.3 is 9.73 Å². The standard InChI is InChI=1S/C22H16Cl2N2O2/c1-14(15-5-3-2-4-6-15)26-22(27)17(13-25)11-18-8-10-21(28-18)16-7-9-19(23)20(24)12-16/h2-12,14H,1H3,(H,26,27)/b17-11+/t14-/m1/s1. The van der Waals surface area contributed by atoms with Crippen molar-refractivity contribution in [3.63, 3.8) is 0 Å². The van der Waals surface area contributed by atoms with Crippen LogP contribution in [-0.4, -0.2) is 5.91 Å². The highest BCUT2D eigenvalue weighted by Crippen LogP contribution is 2.30. The maximum Gasteiger partial charge on any atom is 0.262 e. The Morgan fingerprint density at radius 3 is 2.54 bits per heavy atom. The van der Waals surface area contributed by atoms with Gasteiger partial charge in [-0.25, -0.2) is 0 Å².